The second-order valence-electron chi connectivity index (χ2n) is 4.90. The van der Waals surface area contributed by atoms with Gasteiger partial charge in [0, 0.05) is 25.4 Å². The molecule has 0 saturated carbocycles. The minimum absolute atomic E-state index is 0.105. The molecule has 2 N–H and O–H groups in total. The molecule has 0 spiro atoms. The Kier molecular flexibility index (Phi) is 3.79. The van der Waals surface area contributed by atoms with Crippen LogP contribution in [0.25, 0.3) is 0 Å². The molecule has 0 amide bonds. The number of benzene rings is 1. The van der Waals surface area contributed by atoms with Gasteiger partial charge in [0.15, 0.2) is 0 Å². The SMILES string of the molecule is CN(C)Cc1ccc(C(N)c2cnn(C)c2)cc1. The Bertz CT molecular complexity index is 499. The van der Waals surface area contributed by atoms with Crippen LogP contribution in [0.4, 0.5) is 0 Å². The van der Waals surface area contributed by atoms with E-state index in [2.05, 4.69) is 48.4 Å². The molecule has 0 fully saturated rings. The fourth-order valence-electron chi connectivity index (χ4n) is 1.99. The Morgan fingerprint density at radius 1 is 1.22 bits per heavy atom. The van der Waals surface area contributed by atoms with Crippen LogP contribution in [0, 0.1) is 0 Å². The number of aromatic nitrogens is 2. The first-order valence-corrected chi connectivity index (χ1v) is 6.04. The molecule has 0 aliphatic carbocycles. The van der Waals surface area contributed by atoms with Gasteiger partial charge in [0.05, 0.1) is 12.2 Å². The molecule has 4 heteroatoms. The van der Waals surface area contributed by atoms with Crippen LogP contribution in [-0.4, -0.2) is 28.8 Å². The number of hydrogen-bond acceptors (Lipinski definition) is 3. The molecule has 4 nitrogen and oxygen atoms in total. The molecular weight excluding hydrogens is 224 g/mol. The fourth-order valence-corrected chi connectivity index (χ4v) is 1.99. The first-order valence-electron chi connectivity index (χ1n) is 6.04. The number of nitrogens with two attached hydrogens (primary N) is 1. The summed E-state index contributed by atoms with van der Waals surface area (Å²) in [5.74, 6) is 0. The topological polar surface area (TPSA) is 47.1 Å². The molecule has 1 atom stereocenters. The molecule has 18 heavy (non-hydrogen) atoms. The zero-order valence-corrected chi connectivity index (χ0v) is 11.2. The van der Waals surface area contributed by atoms with Crippen molar-refractivity contribution in [3.05, 3.63) is 53.3 Å². The predicted octanol–water partition coefficient (Wildman–Crippen LogP) is 1.53. The molecule has 1 aromatic heterocycles. The van der Waals surface area contributed by atoms with E-state index < -0.39 is 0 Å². The van der Waals surface area contributed by atoms with Crippen LogP contribution in [0.15, 0.2) is 36.7 Å². The maximum absolute atomic E-state index is 6.22. The molecule has 0 aliphatic rings. The first kappa shape index (κ1) is 12.8. The standard InChI is InChI=1S/C14H20N4/c1-17(2)9-11-4-6-12(7-5-11)14(15)13-8-16-18(3)10-13/h4-8,10,14H,9,15H2,1-3H3. The van der Waals surface area contributed by atoms with Crippen molar-refractivity contribution in [1.29, 1.82) is 0 Å². The highest BCUT2D eigenvalue weighted by Gasteiger charge is 2.10. The lowest BCUT2D eigenvalue weighted by atomic mass is 10.0. The Labute approximate surface area is 108 Å². The van der Waals surface area contributed by atoms with Gasteiger partial charge in [0.2, 0.25) is 0 Å². The second-order valence-corrected chi connectivity index (χ2v) is 4.90. The largest absolute Gasteiger partial charge is 0.320 e. The van der Waals surface area contributed by atoms with Gasteiger partial charge < -0.3 is 10.6 Å². The minimum Gasteiger partial charge on any atom is -0.320 e. The monoisotopic (exact) mass is 244 g/mol. The van der Waals surface area contributed by atoms with Crippen molar-refractivity contribution >= 4 is 0 Å². The summed E-state index contributed by atoms with van der Waals surface area (Å²) in [6.07, 6.45) is 3.77. The maximum Gasteiger partial charge on any atom is 0.0582 e. The van der Waals surface area contributed by atoms with Crippen LogP contribution in [0.3, 0.4) is 0 Å². The quantitative estimate of drug-likeness (QED) is 0.887. The second kappa shape index (κ2) is 5.33. The molecule has 96 valence electrons. The predicted molar refractivity (Wildman–Crippen MR) is 73.1 cm³/mol. The molecule has 2 aromatic rings. The molecule has 0 radical (unpaired) electrons. The highest BCUT2D eigenvalue weighted by atomic mass is 15.2. The van der Waals surface area contributed by atoms with Crippen LogP contribution >= 0.6 is 0 Å². The fraction of sp³-hybridized carbons (Fsp3) is 0.357. The zero-order valence-electron chi connectivity index (χ0n) is 11.2. The first-order chi connectivity index (χ1) is 8.56. The lowest BCUT2D eigenvalue weighted by Crippen LogP contribution is -2.13. The van der Waals surface area contributed by atoms with Crippen LogP contribution in [0.1, 0.15) is 22.7 Å². The normalized spacial score (nSPS) is 12.9. The molecule has 0 saturated heterocycles. The van der Waals surface area contributed by atoms with Gasteiger partial charge in [-0.3, -0.25) is 4.68 Å². The van der Waals surface area contributed by atoms with Crippen molar-refractivity contribution in [1.82, 2.24) is 14.7 Å². The Morgan fingerprint density at radius 3 is 2.39 bits per heavy atom. The van der Waals surface area contributed by atoms with E-state index in [1.807, 2.05) is 19.4 Å². The van der Waals surface area contributed by atoms with Crippen molar-refractivity contribution in [3.63, 3.8) is 0 Å². The summed E-state index contributed by atoms with van der Waals surface area (Å²) in [4.78, 5) is 2.15. The van der Waals surface area contributed by atoms with E-state index in [0.29, 0.717) is 0 Å². The average Bonchev–Trinajstić information content (AvgIpc) is 2.75. The summed E-state index contributed by atoms with van der Waals surface area (Å²) < 4.78 is 1.77. The van der Waals surface area contributed by atoms with E-state index >= 15 is 0 Å². The zero-order chi connectivity index (χ0) is 13.1. The van der Waals surface area contributed by atoms with Crippen LogP contribution in [0.2, 0.25) is 0 Å². The van der Waals surface area contributed by atoms with Crippen LogP contribution < -0.4 is 5.73 Å². The van der Waals surface area contributed by atoms with Crippen molar-refractivity contribution in [2.45, 2.75) is 12.6 Å². The molecule has 1 heterocycles. The number of aryl methyl sites for hydroxylation is 1. The highest BCUT2D eigenvalue weighted by molar-refractivity contribution is 5.31. The summed E-state index contributed by atoms with van der Waals surface area (Å²) in [6.45, 7) is 0.947. The van der Waals surface area contributed by atoms with Gasteiger partial charge in [-0.1, -0.05) is 24.3 Å². The van der Waals surface area contributed by atoms with Gasteiger partial charge >= 0.3 is 0 Å². The minimum atomic E-state index is -0.105. The molecular formula is C14H20N4. The molecule has 0 aliphatic heterocycles. The summed E-state index contributed by atoms with van der Waals surface area (Å²) in [5, 5.41) is 4.15. The van der Waals surface area contributed by atoms with E-state index in [0.717, 1.165) is 17.7 Å². The lowest BCUT2D eigenvalue weighted by Gasteiger charge is -2.13. The number of hydrogen-bond donors (Lipinski definition) is 1. The van der Waals surface area contributed by atoms with E-state index in [1.54, 1.807) is 4.68 Å². The van der Waals surface area contributed by atoms with Gasteiger partial charge in [-0.05, 0) is 25.2 Å². The summed E-state index contributed by atoms with van der Waals surface area (Å²) in [5.41, 5.74) is 9.67. The third-order valence-electron chi connectivity index (χ3n) is 2.92. The van der Waals surface area contributed by atoms with E-state index in [-0.39, 0.29) is 6.04 Å². The Balaban J connectivity index is 2.14. The van der Waals surface area contributed by atoms with E-state index in [9.17, 15) is 0 Å². The summed E-state index contributed by atoms with van der Waals surface area (Å²) in [6, 6.07) is 8.34. The smallest absolute Gasteiger partial charge is 0.0582 e. The van der Waals surface area contributed by atoms with Gasteiger partial charge in [0.25, 0.3) is 0 Å². The third kappa shape index (κ3) is 2.97. The van der Waals surface area contributed by atoms with Crippen LogP contribution in [-0.2, 0) is 13.6 Å². The molecule has 1 unspecified atom stereocenters. The van der Waals surface area contributed by atoms with Gasteiger partial charge in [0.1, 0.15) is 0 Å². The van der Waals surface area contributed by atoms with Crippen molar-refractivity contribution in [2.75, 3.05) is 14.1 Å². The van der Waals surface area contributed by atoms with Gasteiger partial charge in [-0.15, -0.1) is 0 Å². The van der Waals surface area contributed by atoms with Crippen molar-refractivity contribution in [3.8, 4) is 0 Å². The van der Waals surface area contributed by atoms with Crippen molar-refractivity contribution in [2.24, 2.45) is 12.8 Å². The maximum atomic E-state index is 6.22. The number of nitrogens with zero attached hydrogens (tertiary/aromatic N) is 3. The van der Waals surface area contributed by atoms with Crippen LogP contribution in [0.5, 0.6) is 0 Å². The Morgan fingerprint density at radius 2 is 1.89 bits per heavy atom. The molecule has 2 rings (SSSR count). The average molecular weight is 244 g/mol. The molecule has 1 aromatic carbocycles. The van der Waals surface area contributed by atoms with Gasteiger partial charge in [-0.2, -0.15) is 5.10 Å². The van der Waals surface area contributed by atoms with E-state index in [1.165, 1.54) is 5.56 Å². The van der Waals surface area contributed by atoms with Gasteiger partial charge in [-0.25, -0.2) is 0 Å². The van der Waals surface area contributed by atoms with E-state index in [4.69, 9.17) is 5.73 Å². The number of rotatable bonds is 4. The summed E-state index contributed by atoms with van der Waals surface area (Å²) in [7, 11) is 6.03. The molecule has 0 bridgehead atoms. The van der Waals surface area contributed by atoms with Crippen molar-refractivity contribution < 1.29 is 0 Å². The lowest BCUT2D eigenvalue weighted by molar-refractivity contribution is 0.402. The third-order valence-corrected chi connectivity index (χ3v) is 2.92. The summed E-state index contributed by atoms with van der Waals surface area (Å²) >= 11 is 0. The highest BCUT2D eigenvalue weighted by Crippen LogP contribution is 2.19. The Hall–Kier alpha value is -1.65.